The Balaban J connectivity index is 2.17. The van der Waals surface area contributed by atoms with Crippen molar-refractivity contribution in [3.05, 3.63) is 36.0 Å². The maximum Gasteiger partial charge on any atom is 0.326 e. The molecule has 1 aromatic heterocycles. The summed E-state index contributed by atoms with van der Waals surface area (Å²) in [6.45, 7) is 7.49. The third-order valence-electron chi connectivity index (χ3n) is 6.32. The first kappa shape index (κ1) is 31.2. The summed E-state index contributed by atoms with van der Waals surface area (Å²) in [5.41, 5.74) is 7.60. The van der Waals surface area contributed by atoms with Crippen LogP contribution in [0.4, 0.5) is 0 Å². The van der Waals surface area contributed by atoms with Crippen LogP contribution in [0.15, 0.2) is 30.5 Å². The fraction of sp³-hybridized carbons (Fsp3) is 0.556. The van der Waals surface area contributed by atoms with Crippen LogP contribution < -0.4 is 21.7 Å². The van der Waals surface area contributed by atoms with Crippen LogP contribution in [0.2, 0.25) is 0 Å². The number of amides is 3. The summed E-state index contributed by atoms with van der Waals surface area (Å²) in [6.07, 6.45) is 4.35. The number of benzene rings is 1. The summed E-state index contributed by atoms with van der Waals surface area (Å²) >= 11 is 1.50. The Kier molecular flexibility index (Phi) is 12.1. The summed E-state index contributed by atoms with van der Waals surface area (Å²) in [4.78, 5) is 54.2. The molecule has 0 bridgehead atoms. The van der Waals surface area contributed by atoms with Crippen molar-refractivity contribution in [3.63, 3.8) is 0 Å². The van der Waals surface area contributed by atoms with E-state index in [0.29, 0.717) is 18.6 Å². The molecule has 1 heterocycles. The van der Waals surface area contributed by atoms with Gasteiger partial charge < -0.3 is 31.8 Å². The zero-order chi connectivity index (χ0) is 28.4. The molecule has 0 aliphatic carbocycles. The molecule has 0 aliphatic heterocycles. The molecule has 1 aromatic carbocycles. The Morgan fingerprint density at radius 3 is 2.16 bits per heavy atom. The SMILES string of the molecule is CSCCC(NC(=O)C(CC(C)C)NC(=O)C(N)C(C)C)C(=O)NC(Cc1c[nH]c2ccccc12)C(=O)O. The zero-order valence-corrected chi connectivity index (χ0v) is 23.6. The lowest BCUT2D eigenvalue weighted by molar-refractivity contribution is -0.142. The number of nitrogens with one attached hydrogen (secondary N) is 4. The van der Waals surface area contributed by atoms with Gasteiger partial charge in [-0.25, -0.2) is 4.79 Å². The van der Waals surface area contributed by atoms with Gasteiger partial charge >= 0.3 is 5.97 Å². The van der Waals surface area contributed by atoms with Crippen LogP contribution in [-0.2, 0) is 25.6 Å². The third-order valence-corrected chi connectivity index (χ3v) is 6.96. The van der Waals surface area contributed by atoms with Gasteiger partial charge in [0.25, 0.3) is 0 Å². The number of thioether (sulfide) groups is 1. The minimum Gasteiger partial charge on any atom is -0.480 e. The number of aromatic nitrogens is 1. The highest BCUT2D eigenvalue weighted by molar-refractivity contribution is 7.98. The normalized spacial score (nSPS) is 14.6. The van der Waals surface area contributed by atoms with E-state index in [2.05, 4.69) is 20.9 Å². The maximum atomic E-state index is 13.2. The molecule has 4 unspecified atom stereocenters. The summed E-state index contributed by atoms with van der Waals surface area (Å²) in [6, 6.07) is 3.72. The molecular weight excluding hydrogens is 506 g/mol. The number of hydrogen-bond acceptors (Lipinski definition) is 6. The molecule has 10 nitrogen and oxygen atoms in total. The Hall–Kier alpha value is -3.05. The van der Waals surface area contributed by atoms with E-state index in [4.69, 9.17) is 5.73 Å². The molecule has 210 valence electrons. The number of fused-ring (bicyclic) bond motifs is 1. The monoisotopic (exact) mass is 547 g/mol. The quantitative estimate of drug-likeness (QED) is 0.198. The van der Waals surface area contributed by atoms with E-state index in [1.165, 1.54) is 11.8 Å². The Morgan fingerprint density at radius 1 is 0.947 bits per heavy atom. The van der Waals surface area contributed by atoms with E-state index in [1.54, 1.807) is 6.20 Å². The lowest BCUT2D eigenvalue weighted by Gasteiger charge is -2.26. The Morgan fingerprint density at radius 2 is 1.55 bits per heavy atom. The van der Waals surface area contributed by atoms with Crippen LogP contribution in [0.1, 0.15) is 46.1 Å². The topological polar surface area (TPSA) is 166 Å². The van der Waals surface area contributed by atoms with Crippen molar-refractivity contribution in [1.29, 1.82) is 0 Å². The molecule has 4 atom stereocenters. The number of carboxylic acid groups (broad SMARTS) is 1. The van der Waals surface area contributed by atoms with Crippen molar-refractivity contribution in [2.45, 2.75) is 71.1 Å². The number of para-hydroxylation sites is 1. The number of carboxylic acids is 1. The highest BCUT2D eigenvalue weighted by Gasteiger charge is 2.31. The molecule has 0 radical (unpaired) electrons. The number of carbonyl (C=O) groups is 4. The van der Waals surface area contributed by atoms with Crippen LogP contribution in [0, 0.1) is 11.8 Å². The third kappa shape index (κ3) is 9.05. The van der Waals surface area contributed by atoms with Crippen molar-refractivity contribution in [3.8, 4) is 0 Å². The van der Waals surface area contributed by atoms with Gasteiger partial charge in [-0.15, -0.1) is 0 Å². The van der Waals surface area contributed by atoms with Crippen molar-refractivity contribution >= 4 is 46.4 Å². The molecule has 7 N–H and O–H groups in total. The first-order valence-corrected chi connectivity index (χ1v) is 14.3. The predicted molar refractivity (Wildman–Crippen MR) is 151 cm³/mol. The average molecular weight is 548 g/mol. The van der Waals surface area contributed by atoms with E-state index in [-0.39, 0.29) is 18.3 Å². The van der Waals surface area contributed by atoms with Gasteiger partial charge in [0.15, 0.2) is 0 Å². The van der Waals surface area contributed by atoms with Crippen molar-refractivity contribution < 1.29 is 24.3 Å². The molecule has 2 rings (SSSR count). The van der Waals surface area contributed by atoms with Gasteiger partial charge in [-0.05, 0) is 48.3 Å². The molecule has 0 saturated heterocycles. The highest BCUT2D eigenvalue weighted by Crippen LogP contribution is 2.19. The second kappa shape index (κ2) is 14.8. The molecule has 38 heavy (non-hydrogen) atoms. The minimum atomic E-state index is -1.19. The van der Waals surface area contributed by atoms with E-state index in [0.717, 1.165) is 16.5 Å². The van der Waals surface area contributed by atoms with Gasteiger partial charge in [-0.3, -0.25) is 14.4 Å². The number of H-pyrrole nitrogens is 1. The number of hydrogen-bond donors (Lipinski definition) is 6. The van der Waals surface area contributed by atoms with Gasteiger partial charge in [0.2, 0.25) is 17.7 Å². The highest BCUT2D eigenvalue weighted by atomic mass is 32.2. The van der Waals surface area contributed by atoms with E-state index >= 15 is 0 Å². The second-order valence-corrected chi connectivity index (χ2v) is 11.3. The lowest BCUT2D eigenvalue weighted by Crippen LogP contribution is -2.58. The average Bonchev–Trinajstić information content (AvgIpc) is 3.27. The van der Waals surface area contributed by atoms with Crippen molar-refractivity contribution in [1.82, 2.24) is 20.9 Å². The molecule has 3 amide bonds. The summed E-state index contributed by atoms with van der Waals surface area (Å²) < 4.78 is 0. The molecule has 0 saturated carbocycles. The number of carbonyl (C=O) groups excluding carboxylic acids is 3. The number of nitrogens with two attached hydrogens (primary N) is 1. The maximum absolute atomic E-state index is 13.2. The fourth-order valence-electron chi connectivity index (χ4n) is 4.04. The predicted octanol–water partition coefficient (Wildman–Crippen LogP) is 2.03. The molecule has 11 heteroatoms. The standard InChI is InChI=1S/C27H41N5O5S/c1-15(2)12-21(31-26(35)23(28)16(3)4)25(34)30-20(10-11-38-5)24(33)32-22(27(36)37)13-17-14-29-19-9-7-6-8-18(17)19/h6-9,14-16,20-23,29H,10-13,28H2,1-5H3,(H,30,34)(H,31,35)(H,32,33)(H,36,37). The molecule has 0 fully saturated rings. The minimum absolute atomic E-state index is 0.0768. The number of rotatable bonds is 15. The van der Waals surface area contributed by atoms with Gasteiger partial charge in [0.05, 0.1) is 6.04 Å². The largest absolute Gasteiger partial charge is 0.480 e. The van der Waals surface area contributed by atoms with Gasteiger partial charge in [0, 0.05) is 23.5 Å². The molecule has 0 spiro atoms. The summed E-state index contributed by atoms with van der Waals surface area (Å²) in [5, 5.41) is 18.8. The first-order valence-electron chi connectivity index (χ1n) is 12.9. The van der Waals surface area contributed by atoms with Crippen LogP contribution >= 0.6 is 11.8 Å². The summed E-state index contributed by atoms with van der Waals surface area (Å²) in [7, 11) is 0. The van der Waals surface area contributed by atoms with Crippen LogP contribution in [0.25, 0.3) is 10.9 Å². The summed E-state index contributed by atoms with van der Waals surface area (Å²) in [5.74, 6) is -2.16. The number of aromatic amines is 1. The van der Waals surface area contributed by atoms with Crippen LogP contribution in [0.3, 0.4) is 0 Å². The Labute approximate surface area is 228 Å². The lowest BCUT2D eigenvalue weighted by atomic mass is 10.00. The molecule has 0 aliphatic rings. The first-order chi connectivity index (χ1) is 17.9. The smallest absolute Gasteiger partial charge is 0.326 e. The van der Waals surface area contributed by atoms with Crippen molar-refractivity contribution in [2.24, 2.45) is 17.6 Å². The van der Waals surface area contributed by atoms with E-state index in [1.807, 2.05) is 58.2 Å². The van der Waals surface area contributed by atoms with Gasteiger partial charge in [-0.2, -0.15) is 11.8 Å². The van der Waals surface area contributed by atoms with Gasteiger partial charge in [0.1, 0.15) is 18.1 Å². The van der Waals surface area contributed by atoms with E-state index < -0.39 is 47.9 Å². The van der Waals surface area contributed by atoms with E-state index in [9.17, 15) is 24.3 Å². The van der Waals surface area contributed by atoms with Gasteiger partial charge in [-0.1, -0.05) is 45.9 Å². The Bertz CT molecular complexity index is 1100. The van der Waals surface area contributed by atoms with Crippen LogP contribution in [-0.4, -0.2) is 70.0 Å². The zero-order valence-electron chi connectivity index (χ0n) is 22.7. The molecular formula is C27H41N5O5S. The molecule has 2 aromatic rings. The fourth-order valence-corrected chi connectivity index (χ4v) is 4.51. The number of aliphatic carboxylic acids is 1. The van der Waals surface area contributed by atoms with Crippen LogP contribution in [0.5, 0.6) is 0 Å². The second-order valence-electron chi connectivity index (χ2n) is 10.3. The van der Waals surface area contributed by atoms with Crippen molar-refractivity contribution in [2.75, 3.05) is 12.0 Å².